The van der Waals surface area contributed by atoms with Crippen LogP contribution in [0.25, 0.3) is 11.1 Å². The number of furan rings is 1. The third-order valence-corrected chi connectivity index (χ3v) is 2.62. The summed E-state index contributed by atoms with van der Waals surface area (Å²) in [4.78, 5) is 25.5. The van der Waals surface area contributed by atoms with Gasteiger partial charge in [0.1, 0.15) is 12.0 Å². The van der Waals surface area contributed by atoms with Gasteiger partial charge in [-0.25, -0.2) is 9.59 Å². The molecular weight excluding hydrogens is 254 g/mol. The number of carbonyl (C=O) groups excluding carboxylic acids is 1. The Kier molecular flexibility index (Phi) is 2.52. The van der Waals surface area contributed by atoms with Crippen molar-refractivity contribution in [1.82, 2.24) is 4.98 Å². The number of fused-ring (bicyclic) bond motifs is 1. The number of esters is 1. The number of hydrogen-bond acceptors (Lipinski definition) is 6. The predicted octanol–water partition coefficient (Wildman–Crippen LogP) is 2.23. The first-order valence-electron chi connectivity index (χ1n) is 5.49. The number of rotatable bonds is 3. The molecule has 0 aliphatic carbocycles. The zero-order valence-corrected chi connectivity index (χ0v) is 9.84. The first-order valence-corrected chi connectivity index (χ1v) is 5.49. The average Bonchev–Trinajstić information content (AvgIpc) is 3.02. The van der Waals surface area contributed by atoms with Crippen molar-refractivity contribution in [2.45, 2.75) is 13.0 Å². The van der Waals surface area contributed by atoms with Crippen LogP contribution in [0.4, 0.5) is 0 Å². The summed E-state index contributed by atoms with van der Waals surface area (Å²) < 4.78 is 19.4. The Balaban J connectivity index is 1.77. The molecule has 98 valence electrons. The predicted molar refractivity (Wildman–Crippen MR) is 61.6 cm³/mol. The molecule has 3 aromatic heterocycles. The van der Waals surface area contributed by atoms with Gasteiger partial charge in [-0.05, 0) is 6.92 Å². The van der Waals surface area contributed by atoms with Crippen LogP contribution in [0.2, 0.25) is 0 Å². The van der Waals surface area contributed by atoms with Crippen LogP contribution in [-0.2, 0) is 4.74 Å². The van der Waals surface area contributed by atoms with E-state index in [1.54, 1.807) is 13.0 Å². The molecule has 1 N–H and O–H groups in total. The van der Waals surface area contributed by atoms with Gasteiger partial charge in [0.25, 0.3) is 0 Å². The minimum Gasteiger partial charge on any atom is -0.463 e. The van der Waals surface area contributed by atoms with Gasteiger partial charge in [0.2, 0.25) is 0 Å². The van der Waals surface area contributed by atoms with Gasteiger partial charge in [0.05, 0.1) is 11.8 Å². The Morgan fingerprint density at radius 1 is 1.42 bits per heavy atom. The molecule has 1 atom stereocenters. The third-order valence-electron chi connectivity index (χ3n) is 2.62. The zero-order valence-electron chi connectivity index (χ0n) is 9.84. The van der Waals surface area contributed by atoms with Gasteiger partial charge in [-0.3, -0.25) is 0 Å². The second-order valence-corrected chi connectivity index (χ2v) is 3.92. The molecule has 0 aliphatic heterocycles. The number of hydrogen-bond donors (Lipinski definition) is 1. The molecule has 1 unspecified atom stereocenters. The number of carbonyl (C=O) groups is 1. The topological polar surface area (TPSA) is 98.6 Å². The Labute approximate surface area is 105 Å². The smallest absolute Gasteiger partial charge is 0.463 e. The van der Waals surface area contributed by atoms with E-state index in [2.05, 4.69) is 9.40 Å². The Morgan fingerprint density at radius 3 is 2.95 bits per heavy atom. The van der Waals surface area contributed by atoms with Crippen LogP contribution in [0.1, 0.15) is 29.3 Å². The molecule has 0 saturated carbocycles. The molecule has 7 nitrogen and oxygen atoms in total. The second kappa shape index (κ2) is 4.20. The van der Waals surface area contributed by atoms with Gasteiger partial charge in [0.15, 0.2) is 17.4 Å². The van der Waals surface area contributed by atoms with E-state index < -0.39 is 17.9 Å². The molecular formula is C12H9NO6. The fourth-order valence-corrected chi connectivity index (χ4v) is 1.67. The van der Waals surface area contributed by atoms with Crippen molar-refractivity contribution in [2.24, 2.45) is 0 Å². The number of nitrogens with one attached hydrogen (secondary N) is 1. The maximum Gasteiger partial charge on any atom is 0.518 e. The molecule has 0 spiro atoms. The summed E-state index contributed by atoms with van der Waals surface area (Å²) in [6, 6.07) is 3.24. The first-order chi connectivity index (χ1) is 9.13. The van der Waals surface area contributed by atoms with Crippen LogP contribution in [0.5, 0.6) is 0 Å². The standard InChI is InChI=1S/C12H9NO6/c1-6(10-5-17-12(15)19-10)18-11(14)8-4-9-7(13-8)2-3-16-9/h2-6,13H,1H3. The SMILES string of the molecule is CC(OC(=O)c1cc2occc2[nH]1)c1coc(=O)o1. The molecule has 0 aliphatic rings. The van der Waals surface area contributed by atoms with Crippen LogP contribution in [0, 0.1) is 0 Å². The van der Waals surface area contributed by atoms with Crippen molar-refractivity contribution < 1.29 is 22.8 Å². The van der Waals surface area contributed by atoms with Crippen molar-refractivity contribution in [1.29, 1.82) is 0 Å². The number of ether oxygens (including phenoxy) is 1. The van der Waals surface area contributed by atoms with Crippen molar-refractivity contribution in [3.63, 3.8) is 0 Å². The van der Waals surface area contributed by atoms with Crippen molar-refractivity contribution in [3.05, 3.63) is 46.7 Å². The van der Waals surface area contributed by atoms with Gasteiger partial charge in [0, 0.05) is 12.1 Å². The van der Waals surface area contributed by atoms with E-state index in [9.17, 15) is 9.59 Å². The summed E-state index contributed by atoms with van der Waals surface area (Å²) in [6.07, 6.45) is 1.90. The van der Waals surface area contributed by atoms with Crippen LogP contribution in [0.15, 0.2) is 42.7 Å². The van der Waals surface area contributed by atoms with E-state index in [4.69, 9.17) is 13.6 Å². The molecule has 0 aromatic carbocycles. The van der Waals surface area contributed by atoms with Crippen molar-refractivity contribution in [3.8, 4) is 0 Å². The Hall–Kier alpha value is -2.70. The zero-order chi connectivity index (χ0) is 13.4. The van der Waals surface area contributed by atoms with E-state index in [0.29, 0.717) is 11.1 Å². The van der Waals surface area contributed by atoms with E-state index in [1.807, 2.05) is 0 Å². The first kappa shape index (κ1) is 11.4. The Bertz CT molecular complexity index is 745. The molecule has 0 amide bonds. The van der Waals surface area contributed by atoms with Crippen LogP contribution >= 0.6 is 0 Å². The second-order valence-electron chi connectivity index (χ2n) is 3.92. The summed E-state index contributed by atoms with van der Waals surface area (Å²) in [6.45, 7) is 1.57. The summed E-state index contributed by atoms with van der Waals surface area (Å²) in [7, 11) is 0. The lowest BCUT2D eigenvalue weighted by atomic mass is 10.3. The van der Waals surface area contributed by atoms with E-state index in [1.165, 1.54) is 12.3 Å². The Morgan fingerprint density at radius 2 is 2.26 bits per heavy atom. The monoisotopic (exact) mass is 263 g/mol. The van der Waals surface area contributed by atoms with Crippen LogP contribution < -0.4 is 5.82 Å². The van der Waals surface area contributed by atoms with Gasteiger partial charge in [-0.2, -0.15) is 0 Å². The molecule has 3 aromatic rings. The third kappa shape index (κ3) is 2.05. The highest BCUT2D eigenvalue weighted by Crippen LogP contribution is 2.20. The van der Waals surface area contributed by atoms with Crippen molar-refractivity contribution in [2.75, 3.05) is 0 Å². The van der Waals surface area contributed by atoms with Crippen LogP contribution in [0.3, 0.4) is 0 Å². The lowest BCUT2D eigenvalue weighted by molar-refractivity contribution is 0.0283. The average molecular weight is 263 g/mol. The molecule has 0 fully saturated rings. The van der Waals surface area contributed by atoms with Gasteiger partial charge >= 0.3 is 11.8 Å². The summed E-state index contributed by atoms with van der Waals surface area (Å²) in [5.74, 6) is -1.27. The fraction of sp³-hybridized carbons (Fsp3) is 0.167. The molecule has 3 heterocycles. The number of aromatic amines is 1. The number of H-pyrrole nitrogens is 1. The summed E-state index contributed by atoms with van der Waals surface area (Å²) in [5, 5.41) is 0. The number of aromatic nitrogens is 1. The largest absolute Gasteiger partial charge is 0.518 e. The maximum absolute atomic E-state index is 11.9. The fourth-order valence-electron chi connectivity index (χ4n) is 1.67. The van der Waals surface area contributed by atoms with Crippen molar-refractivity contribution >= 4 is 17.1 Å². The molecule has 3 rings (SSSR count). The van der Waals surface area contributed by atoms with E-state index in [-0.39, 0.29) is 11.5 Å². The molecule has 0 bridgehead atoms. The highest BCUT2D eigenvalue weighted by Gasteiger charge is 2.19. The highest BCUT2D eigenvalue weighted by atomic mass is 16.6. The van der Waals surface area contributed by atoms with E-state index in [0.717, 1.165) is 6.26 Å². The minimum absolute atomic E-state index is 0.147. The van der Waals surface area contributed by atoms with Gasteiger partial charge < -0.3 is 23.0 Å². The van der Waals surface area contributed by atoms with Gasteiger partial charge in [-0.15, -0.1) is 0 Å². The van der Waals surface area contributed by atoms with Crippen LogP contribution in [-0.4, -0.2) is 11.0 Å². The lowest BCUT2D eigenvalue weighted by Gasteiger charge is -2.08. The summed E-state index contributed by atoms with van der Waals surface area (Å²) >= 11 is 0. The normalized spacial score (nSPS) is 12.7. The lowest BCUT2D eigenvalue weighted by Crippen LogP contribution is -2.09. The molecule has 19 heavy (non-hydrogen) atoms. The van der Waals surface area contributed by atoms with Gasteiger partial charge in [-0.1, -0.05) is 0 Å². The minimum atomic E-state index is -0.838. The molecule has 7 heteroatoms. The molecule has 0 saturated heterocycles. The molecule has 0 radical (unpaired) electrons. The quantitative estimate of drug-likeness (QED) is 0.727. The maximum atomic E-state index is 11.9. The van der Waals surface area contributed by atoms with E-state index >= 15 is 0 Å². The highest BCUT2D eigenvalue weighted by molar-refractivity contribution is 5.93. The summed E-state index contributed by atoms with van der Waals surface area (Å²) in [5.41, 5.74) is 1.52.